The van der Waals surface area contributed by atoms with Crippen LogP contribution in [0, 0.1) is 5.92 Å². The summed E-state index contributed by atoms with van der Waals surface area (Å²) in [5.74, 6) is 6.60. The van der Waals surface area contributed by atoms with Gasteiger partial charge in [-0.1, -0.05) is 20.3 Å². The topological polar surface area (TPSA) is 89.2 Å². The van der Waals surface area contributed by atoms with Crippen LogP contribution in [0.15, 0.2) is 0 Å². The summed E-state index contributed by atoms with van der Waals surface area (Å²) >= 11 is 0. The minimum Gasteiger partial charge on any atom is -0.463 e. The zero-order chi connectivity index (χ0) is 13.5. The first-order chi connectivity index (χ1) is 8.56. The van der Waals surface area contributed by atoms with Gasteiger partial charge in [-0.05, 0) is 12.3 Å². The molecule has 0 aliphatic carbocycles. The van der Waals surface area contributed by atoms with E-state index >= 15 is 0 Å². The third kappa shape index (κ3) is 4.33. The molecule has 1 heterocycles. The average Bonchev–Trinajstić information content (AvgIpc) is 2.36. The zero-order valence-corrected chi connectivity index (χ0v) is 11.5. The molecule has 0 amide bonds. The maximum Gasteiger partial charge on any atom is 0.323 e. The number of hydrazine groups is 1. The molecule has 1 unspecified atom stereocenters. The molecule has 3 N–H and O–H groups in total. The van der Waals surface area contributed by atoms with Crippen LogP contribution < -0.4 is 20.9 Å². The molecule has 1 aromatic rings. The second-order valence-corrected chi connectivity index (χ2v) is 4.49. The Kier molecular flexibility index (Phi) is 5.57. The number of aromatic nitrogens is 3. The first-order valence-electron chi connectivity index (χ1n) is 6.09. The second-order valence-electron chi connectivity index (χ2n) is 4.49. The molecule has 0 aliphatic rings. The second kappa shape index (κ2) is 6.95. The van der Waals surface area contributed by atoms with Crippen LogP contribution in [0.3, 0.4) is 0 Å². The number of hydrogen-bond donors (Lipinski definition) is 2. The van der Waals surface area contributed by atoms with Crippen molar-refractivity contribution < 1.29 is 4.74 Å². The summed E-state index contributed by atoms with van der Waals surface area (Å²) in [6.45, 7) is 4.88. The van der Waals surface area contributed by atoms with Gasteiger partial charge in [0.25, 0.3) is 0 Å². The first kappa shape index (κ1) is 14.4. The maximum atomic E-state index is 5.57. The van der Waals surface area contributed by atoms with Crippen LogP contribution in [0.4, 0.5) is 11.9 Å². The average molecular weight is 254 g/mol. The number of anilines is 2. The van der Waals surface area contributed by atoms with Crippen LogP contribution in [-0.4, -0.2) is 35.7 Å². The van der Waals surface area contributed by atoms with E-state index in [1.165, 1.54) is 0 Å². The van der Waals surface area contributed by atoms with E-state index in [9.17, 15) is 0 Å². The molecule has 7 heteroatoms. The third-order valence-electron chi connectivity index (χ3n) is 2.41. The zero-order valence-electron chi connectivity index (χ0n) is 11.5. The molecule has 0 fully saturated rings. The van der Waals surface area contributed by atoms with E-state index in [-0.39, 0.29) is 0 Å². The molecule has 1 rings (SSSR count). The lowest BCUT2D eigenvalue weighted by atomic mass is 10.1. The Bertz CT molecular complexity index is 371. The van der Waals surface area contributed by atoms with Gasteiger partial charge in [0, 0.05) is 14.1 Å². The highest BCUT2D eigenvalue weighted by Gasteiger charge is 2.09. The molecule has 1 atom stereocenters. The predicted molar refractivity (Wildman–Crippen MR) is 71.5 cm³/mol. The smallest absolute Gasteiger partial charge is 0.323 e. The van der Waals surface area contributed by atoms with Gasteiger partial charge in [0.2, 0.25) is 11.9 Å². The van der Waals surface area contributed by atoms with Crippen LogP contribution in [0.5, 0.6) is 6.01 Å². The van der Waals surface area contributed by atoms with Crippen molar-refractivity contribution in [1.82, 2.24) is 15.0 Å². The van der Waals surface area contributed by atoms with E-state index < -0.39 is 0 Å². The van der Waals surface area contributed by atoms with E-state index in [0.29, 0.717) is 30.4 Å². The van der Waals surface area contributed by atoms with Crippen molar-refractivity contribution in [2.45, 2.75) is 26.7 Å². The number of nitrogens with zero attached hydrogens (tertiary/aromatic N) is 4. The van der Waals surface area contributed by atoms with Crippen molar-refractivity contribution in [3.05, 3.63) is 0 Å². The van der Waals surface area contributed by atoms with E-state index in [1.807, 2.05) is 14.1 Å². The maximum absolute atomic E-state index is 5.57. The molecule has 0 saturated heterocycles. The van der Waals surface area contributed by atoms with Crippen molar-refractivity contribution in [3.8, 4) is 6.01 Å². The van der Waals surface area contributed by atoms with Crippen molar-refractivity contribution in [2.24, 2.45) is 11.8 Å². The fourth-order valence-corrected chi connectivity index (χ4v) is 1.47. The molecule has 0 aromatic carbocycles. The van der Waals surface area contributed by atoms with E-state index in [1.54, 1.807) is 4.90 Å². The number of ether oxygens (including phenoxy) is 1. The van der Waals surface area contributed by atoms with Crippen molar-refractivity contribution in [3.63, 3.8) is 0 Å². The minimum absolute atomic E-state index is 0.296. The lowest BCUT2D eigenvalue weighted by Gasteiger charge is -2.14. The molecular weight excluding hydrogens is 232 g/mol. The molecule has 7 nitrogen and oxygen atoms in total. The standard InChI is InChI=1S/C11H22N6O/c1-5-6-8(2)7-18-11-14-9(16-12)13-10(15-11)17(3)4/h8H,5-7,12H2,1-4H3,(H,13,14,15,16). The van der Waals surface area contributed by atoms with Gasteiger partial charge in [-0.2, -0.15) is 15.0 Å². The van der Waals surface area contributed by atoms with E-state index in [0.717, 1.165) is 12.8 Å². The fraction of sp³-hybridized carbons (Fsp3) is 0.727. The van der Waals surface area contributed by atoms with Gasteiger partial charge >= 0.3 is 6.01 Å². The number of nitrogens with one attached hydrogen (secondary N) is 1. The van der Waals surface area contributed by atoms with E-state index in [4.69, 9.17) is 10.6 Å². The Balaban J connectivity index is 2.72. The van der Waals surface area contributed by atoms with Gasteiger partial charge < -0.3 is 9.64 Å². The first-order valence-corrected chi connectivity index (χ1v) is 6.09. The van der Waals surface area contributed by atoms with Gasteiger partial charge in [-0.15, -0.1) is 0 Å². The molecule has 18 heavy (non-hydrogen) atoms. The fourth-order valence-electron chi connectivity index (χ4n) is 1.47. The van der Waals surface area contributed by atoms with Gasteiger partial charge in [0.15, 0.2) is 0 Å². The van der Waals surface area contributed by atoms with Gasteiger partial charge in [-0.25, -0.2) is 5.84 Å². The summed E-state index contributed by atoms with van der Waals surface area (Å²) < 4.78 is 5.57. The molecule has 0 aliphatic heterocycles. The summed E-state index contributed by atoms with van der Waals surface area (Å²) in [5, 5.41) is 0. The number of nitrogen functional groups attached to an aromatic ring is 1. The highest BCUT2D eigenvalue weighted by Crippen LogP contribution is 2.14. The summed E-state index contributed by atoms with van der Waals surface area (Å²) in [6.07, 6.45) is 2.26. The van der Waals surface area contributed by atoms with Crippen LogP contribution in [-0.2, 0) is 0 Å². The number of nitrogens with two attached hydrogens (primary N) is 1. The number of hydrogen-bond acceptors (Lipinski definition) is 7. The molecule has 102 valence electrons. The van der Waals surface area contributed by atoms with Crippen LogP contribution in [0.2, 0.25) is 0 Å². The van der Waals surface area contributed by atoms with Gasteiger partial charge in [-0.3, -0.25) is 5.43 Å². The SMILES string of the molecule is CCCC(C)COc1nc(NN)nc(N(C)C)n1. The Morgan fingerprint density at radius 3 is 2.61 bits per heavy atom. The molecular formula is C11H22N6O. The lowest BCUT2D eigenvalue weighted by Crippen LogP contribution is -2.19. The predicted octanol–water partition coefficient (Wildman–Crippen LogP) is 1.04. The monoisotopic (exact) mass is 254 g/mol. The molecule has 1 aromatic heterocycles. The summed E-state index contributed by atoms with van der Waals surface area (Å²) in [6, 6.07) is 0.296. The van der Waals surface area contributed by atoms with E-state index in [2.05, 4.69) is 34.2 Å². The Morgan fingerprint density at radius 2 is 2.06 bits per heavy atom. The van der Waals surface area contributed by atoms with Crippen molar-refractivity contribution in [2.75, 3.05) is 31.0 Å². The normalized spacial score (nSPS) is 12.1. The highest BCUT2D eigenvalue weighted by atomic mass is 16.5. The van der Waals surface area contributed by atoms with Gasteiger partial charge in [0.1, 0.15) is 0 Å². The summed E-state index contributed by atoms with van der Waals surface area (Å²) in [4.78, 5) is 14.1. The number of rotatable bonds is 7. The summed E-state index contributed by atoms with van der Waals surface area (Å²) in [5.41, 5.74) is 2.41. The third-order valence-corrected chi connectivity index (χ3v) is 2.41. The quantitative estimate of drug-likeness (QED) is 0.555. The van der Waals surface area contributed by atoms with Gasteiger partial charge in [0.05, 0.1) is 6.61 Å². The highest BCUT2D eigenvalue weighted by molar-refractivity contribution is 5.35. The van der Waals surface area contributed by atoms with Crippen LogP contribution in [0.25, 0.3) is 0 Å². The molecule has 0 radical (unpaired) electrons. The largest absolute Gasteiger partial charge is 0.463 e. The molecule has 0 bridgehead atoms. The Labute approximate surface area is 108 Å². The van der Waals surface area contributed by atoms with Crippen molar-refractivity contribution >= 4 is 11.9 Å². The van der Waals surface area contributed by atoms with Crippen LogP contribution >= 0.6 is 0 Å². The molecule has 0 spiro atoms. The lowest BCUT2D eigenvalue weighted by molar-refractivity contribution is 0.233. The minimum atomic E-state index is 0.296. The Hall–Kier alpha value is -1.63. The van der Waals surface area contributed by atoms with Crippen LogP contribution in [0.1, 0.15) is 26.7 Å². The molecule has 0 saturated carbocycles. The Morgan fingerprint density at radius 1 is 1.33 bits per heavy atom. The van der Waals surface area contributed by atoms with Crippen molar-refractivity contribution in [1.29, 1.82) is 0 Å². The summed E-state index contributed by atoms with van der Waals surface area (Å²) in [7, 11) is 3.69.